The molecule has 0 bridgehead atoms. The number of carboxylic acid groups (broad SMARTS) is 1. The number of rotatable bonds is 5. The molecule has 110 valence electrons. The molecule has 0 aliphatic heterocycles. The van der Waals surface area contributed by atoms with Crippen LogP contribution in [-0.4, -0.2) is 25.2 Å². The minimum atomic E-state index is -0.935. The molecule has 2 aromatic carbocycles. The Morgan fingerprint density at radius 1 is 1.24 bits per heavy atom. The summed E-state index contributed by atoms with van der Waals surface area (Å²) < 4.78 is 5.40. The molecule has 1 unspecified atom stereocenters. The Bertz CT molecular complexity index is 652. The fourth-order valence-corrected chi connectivity index (χ4v) is 2.21. The molecule has 2 rings (SSSR count). The van der Waals surface area contributed by atoms with Crippen molar-refractivity contribution in [3.63, 3.8) is 0 Å². The van der Waals surface area contributed by atoms with Gasteiger partial charge in [0, 0.05) is 11.6 Å². The highest BCUT2D eigenvalue weighted by Crippen LogP contribution is 2.33. The van der Waals surface area contributed by atoms with Gasteiger partial charge in [0.2, 0.25) is 0 Å². The summed E-state index contributed by atoms with van der Waals surface area (Å²) >= 11 is 0. The molecule has 0 radical (unpaired) electrons. The third-order valence-electron chi connectivity index (χ3n) is 3.58. The molecule has 0 heterocycles. The number of hydrogen-bond acceptors (Lipinski definition) is 3. The zero-order chi connectivity index (χ0) is 15.4. The summed E-state index contributed by atoms with van der Waals surface area (Å²) in [6, 6.07) is 13.0. The predicted octanol–water partition coefficient (Wildman–Crippen LogP) is 3.34. The average Bonchev–Trinajstić information content (AvgIpc) is 2.53. The van der Waals surface area contributed by atoms with Crippen LogP contribution in [0.1, 0.15) is 28.9 Å². The summed E-state index contributed by atoms with van der Waals surface area (Å²) in [5.74, 6) is -0.208. The first-order valence-corrected chi connectivity index (χ1v) is 6.75. The molecule has 1 atom stereocenters. The Morgan fingerprint density at radius 2 is 2.00 bits per heavy atom. The van der Waals surface area contributed by atoms with Crippen molar-refractivity contribution in [2.24, 2.45) is 0 Å². The Kier molecular flexibility index (Phi) is 4.60. The zero-order valence-electron chi connectivity index (χ0n) is 12.4. The van der Waals surface area contributed by atoms with E-state index in [-0.39, 0.29) is 11.6 Å². The molecular formula is C17H19NO3. The molecule has 2 N–H and O–H groups in total. The van der Waals surface area contributed by atoms with Gasteiger partial charge < -0.3 is 15.2 Å². The summed E-state index contributed by atoms with van der Waals surface area (Å²) in [7, 11) is 3.51. The second-order valence-electron chi connectivity index (χ2n) is 4.86. The smallest absolute Gasteiger partial charge is 0.335 e. The van der Waals surface area contributed by atoms with Gasteiger partial charge >= 0.3 is 5.97 Å². The summed E-state index contributed by atoms with van der Waals surface area (Å²) in [5, 5.41) is 12.3. The molecule has 0 aromatic heterocycles. The van der Waals surface area contributed by atoms with Crippen molar-refractivity contribution >= 4 is 5.97 Å². The van der Waals surface area contributed by atoms with E-state index in [1.54, 1.807) is 25.3 Å². The van der Waals surface area contributed by atoms with Gasteiger partial charge in [-0.05, 0) is 49.4 Å². The third kappa shape index (κ3) is 3.23. The quantitative estimate of drug-likeness (QED) is 0.884. The van der Waals surface area contributed by atoms with E-state index in [0.29, 0.717) is 0 Å². The van der Waals surface area contributed by atoms with Crippen molar-refractivity contribution in [2.45, 2.75) is 13.0 Å². The van der Waals surface area contributed by atoms with Crippen molar-refractivity contribution in [1.29, 1.82) is 0 Å². The maximum absolute atomic E-state index is 11.1. The van der Waals surface area contributed by atoms with Gasteiger partial charge in [-0.1, -0.05) is 18.2 Å². The van der Waals surface area contributed by atoms with Gasteiger partial charge in [0.05, 0.1) is 12.7 Å². The summed E-state index contributed by atoms with van der Waals surface area (Å²) in [6.45, 7) is 2.07. The standard InChI is InChI=1S/C17H19NO3/c1-11(18-2)12-7-8-16(21-3)15(10-12)13-5-4-6-14(9-13)17(19)20/h4-11,18H,1-3H3,(H,19,20). The van der Waals surface area contributed by atoms with Crippen LogP contribution in [0.5, 0.6) is 5.75 Å². The van der Waals surface area contributed by atoms with Crippen molar-refractivity contribution in [1.82, 2.24) is 5.32 Å². The number of carboxylic acids is 1. The normalized spacial score (nSPS) is 12.0. The summed E-state index contributed by atoms with van der Waals surface area (Å²) in [4.78, 5) is 11.1. The Balaban J connectivity index is 2.55. The number of ether oxygens (including phenoxy) is 1. The van der Waals surface area contributed by atoms with Crippen LogP contribution in [0.25, 0.3) is 11.1 Å². The van der Waals surface area contributed by atoms with E-state index in [4.69, 9.17) is 9.84 Å². The second-order valence-corrected chi connectivity index (χ2v) is 4.86. The van der Waals surface area contributed by atoms with Crippen LogP contribution < -0.4 is 10.1 Å². The van der Waals surface area contributed by atoms with Crippen LogP contribution in [0.3, 0.4) is 0 Å². The van der Waals surface area contributed by atoms with Gasteiger partial charge in [-0.25, -0.2) is 4.79 Å². The Hall–Kier alpha value is -2.33. The van der Waals surface area contributed by atoms with Gasteiger partial charge in [0.1, 0.15) is 5.75 Å². The molecule has 0 amide bonds. The minimum absolute atomic E-state index is 0.206. The molecule has 2 aromatic rings. The molecule has 4 heteroatoms. The highest BCUT2D eigenvalue weighted by Gasteiger charge is 2.12. The van der Waals surface area contributed by atoms with Gasteiger partial charge in [0.15, 0.2) is 0 Å². The molecule has 0 spiro atoms. The number of hydrogen-bond donors (Lipinski definition) is 2. The van der Waals surface area contributed by atoms with Gasteiger partial charge in [-0.2, -0.15) is 0 Å². The number of benzene rings is 2. The first-order chi connectivity index (χ1) is 10.1. The summed E-state index contributed by atoms with van der Waals surface area (Å²) in [6.07, 6.45) is 0. The van der Waals surface area contributed by atoms with Crippen LogP contribution in [0, 0.1) is 0 Å². The van der Waals surface area contributed by atoms with E-state index >= 15 is 0 Å². The van der Waals surface area contributed by atoms with Crippen LogP contribution >= 0.6 is 0 Å². The first-order valence-electron chi connectivity index (χ1n) is 6.75. The SMILES string of the molecule is CNC(C)c1ccc(OC)c(-c2cccc(C(=O)O)c2)c1. The lowest BCUT2D eigenvalue weighted by Crippen LogP contribution is -2.12. The molecule has 4 nitrogen and oxygen atoms in total. The van der Waals surface area contributed by atoms with E-state index in [1.165, 1.54) is 0 Å². The molecular weight excluding hydrogens is 266 g/mol. The van der Waals surface area contributed by atoms with Crippen LogP contribution in [-0.2, 0) is 0 Å². The summed E-state index contributed by atoms with van der Waals surface area (Å²) in [5.41, 5.74) is 3.10. The zero-order valence-corrected chi connectivity index (χ0v) is 12.4. The first kappa shape index (κ1) is 15.1. The Morgan fingerprint density at radius 3 is 2.62 bits per heavy atom. The highest BCUT2D eigenvalue weighted by atomic mass is 16.5. The van der Waals surface area contributed by atoms with E-state index in [9.17, 15) is 4.79 Å². The molecule has 0 saturated heterocycles. The van der Waals surface area contributed by atoms with Crippen molar-refractivity contribution < 1.29 is 14.6 Å². The highest BCUT2D eigenvalue weighted by molar-refractivity contribution is 5.89. The minimum Gasteiger partial charge on any atom is -0.496 e. The molecule has 0 aliphatic rings. The maximum Gasteiger partial charge on any atom is 0.335 e. The van der Waals surface area contributed by atoms with Gasteiger partial charge in [-0.3, -0.25) is 0 Å². The van der Waals surface area contributed by atoms with E-state index in [1.807, 2.05) is 31.3 Å². The maximum atomic E-state index is 11.1. The van der Waals surface area contributed by atoms with Crippen molar-refractivity contribution in [2.75, 3.05) is 14.2 Å². The van der Waals surface area contributed by atoms with Crippen molar-refractivity contribution in [3.05, 3.63) is 53.6 Å². The molecule has 0 fully saturated rings. The molecule has 0 aliphatic carbocycles. The fourth-order valence-electron chi connectivity index (χ4n) is 2.21. The lowest BCUT2D eigenvalue weighted by atomic mass is 9.98. The van der Waals surface area contributed by atoms with Gasteiger partial charge in [0.25, 0.3) is 0 Å². The van der Waals surface area contributed by atoms with Crippen molar-refractivity contribution in [3.8, 4) is 16.9 Å². The predicted molar refractivity (Wildman–Crippen MR) is 82.9 cm³/mol. The van der Waals surface area contributed by atoms with Crippen LogP contribution in [0.4, 0.5) is 0 Å². The molecule has 21 heavy (non-hydrogen) atoms. The van der Waals surface area contributed by atoms with E-state index < -0.39 is 5.97 Å². The topological polar surface area (TPSA) is 58.6 Å². The Labute approximate surface area is 124 Å². The third-order valence-corrected chi connectivity index (χ3v) is 3.58. The van der Waals surface area contributed by atoms with Gasteiger partial charge in [-0.15, -0.1) is 0 Å². The number of nitrogens with one attached hydrogen (secondary N) is 1. The largest absolute Gasteiger partial charge is 0.496 e. The lowest BCUT2D eigenvalue weighted by Gasteiger charge is -2.15. The lowest BCUT2D eigenvalue weighted by molar-refractivity contribution is 0.0697. The average molecular weight is 285 g/mol. The monoisotopic (exact) mass is 285 g/mol. The number of aromatic carboxylic acids is 1. The molecule has 0 saturated carbocycles. The fraction of sp³-hybridized carbons (Fsp3) is 0.235. The van der Waals surface area contributed by atoms with Crippen LogP contribution in [0.2, 0.25) is 0 Å². The second kappa shape index (κ2) is 6.41. The van der Waals surface area contributed by atoms with Crippen LogP contribution in [0.15, 0.2) is 42.5 Å². The number of carbonyl (C=O) groups is 1. The van der Waals surface area contributed by atoms with E-state index in [0.717, 1.165) is 22.4 Å². The van der Waals surface area contributed by atoms with E-state index in [2.05, 4.69) is 12.2 Å². The number of methoxy groups -OCH3 is 1.